The number of aliphatic hydroxyl groups is 1. The van der Waals surface area contributed by atoms with Crippen molar-refractivity contribution in [2.75, 3.05) is 0 Å². The molecule has 41 heavy (non-hydrogen) atoms. The third-order valence-electron chi connectivity index (χ3n) is 7.50. The number of ether oxygens (including phenoxy) is 2. The van der Waals surface area contributed by atoms with E-state index in [4.69, 9.17) is 9.47 Å². The fourth-order valence-corrected chi connectivity index (χ4v) is 5.36. The van der Waals surface area contributed by atoms with Crippen LogP contribution in [0.2, 0.25) is 0 Å². The molecule has 1 saturated heterocycles. The molecule has 7 nitrogen and oxygen atoms in total. The highest BCUT2D eigenvalue weighted by Crippen LogP contribution is 2.39. The van der Waals surface area contributed by atoms with Crippen LogP contribution in [0.4, 0.5) is 0 Å². The second kappa shape index (κ2) is 12.1. The summed E-state index contributed by atoms with van der Waals surface area (Å²) in [6.45, 7) is 2.66. The first-order valence-corrected chi connectivity index (χ1v) is 13.9. The van der Waals surface area contributed by atoms with E-state index in [9.17, 15) is 9.90 Å². The molecule has 1 aliphatic heterocycles. The van der Waals surface area contributed by atoms with Crippen molar-refractivity contribution in [3.63, 3.8) is 0 Å². The standard InChI is InChI=1S/C34H33N3O4/c1-23(39)35-19-25-6-4-7-27(16-25)28-8-5-9-29(17-28)34-40-30(20-37-22-36-31-10-2-3-11-32(31)37)18-33(41-34)26-14-12-24(21-38)13-15-26/h2-17,22,30,33-34,38H,18-21H2,1H3,(H,35,39)/t30-,33+,34+/m0/s1. The number of imidazole rings is 1. The molecule has 1 fully saturated rings. The number of rotatable bonds is 8. The van der Waals surface area contributed by atoms with Crippen molar-refractivity contribution in [1.29, 1.82) is 0 Å². The number of carbonyl (C=O) groups is 1. The summed E-state index contributed by atoms with van der Waals surface area (Å²) in [5.74, 6) is -0.0530. The van der Waals surface area contributed by atoms with Gasteiger partial charge in [0, 0.05) is 25.5 Å². The minimum absolute atomic E-state index is 0.00662. The number of para-hydroxylation sites is 2. The normalized spacial score (nSPS) is 18.8. The quantitative estimate of drug-likeness (QED) is 0.246. The second-order valence-electron chi connectivity index (χ2n) is 10.5. The van der Waals surface area contributed by atoms with Crippen molar-refractivity contribution in [2.45, 2.75) is 51.5 Å². The number of aliphatic hydroxyl groups excluding tert-OH is 1. The van der Waals surface area contributed by atoms with E-state index in [0.29, 0.717) is 19.5 Å². The zero-order valence-corrected chi connectivity index (χ0v) is 22.9. The van der Waals surface area contributed by atoms with Gasteiger partial charge in [0.2, 0.25) is 5.91 Å². The van der Waals surface area contributed by atoms with Crippen molar-refractivity contribution in [3.05, 3.63) is 126 Å². The number of hydrogen-bond acceptors (Lipinski definition) is 5. The Labute approximate surface area is 239 Å². The van der Waals surface area contributed by atoms with E-state index in [0.717, 1.165) is 44.4 Å². The molecule has 0 radical (unpaired) electrons. The zero-order chi connectivity index (χ0) is 28.2. The number of fused-ring (bicyclic) bond motifs is 1. The van der Waals surface area contributed by atoms with E-state index in [-0.39, 0.29) is 24.7 Å². The number of nitrogens with one attached hydrogen (secondary N) is 1. The predicted molar refractivity (Wildman–Crippen MR) is 158 cm³/mol. The van der Waals surface area contributed by atoms with Crippen LogP contribution in [-0.4, -0.2) is 26.7 Å². The fraction of sp³-hybridized carbons (Fsp3) is 0.235. The van der Waals surface area contributed by atoms with Gasteiger partial charge in [0.25, 0.3) is 0 Å². The van der Waals surface area contributed by atoms with Crippen molar-refractivity contribution >= 4 is 16.9 Å². The Hall–Kier alpha value is -4.30. The van der Waals surface area contributed by atoms with Gasteiger partial charge < -0.3 is 24.5 Å². The number of carbonyl (C=O) groups excluding carboxylic acids is 1. The summed E-state index contributed by atoms with van der Waals surface area (Å²) in [4.78, 5) is 16.0. The average molecular weight is 548 g/mol. The summed E-state index contributed by atoms with van der Waals surface area (Å²) < 4.78 is 15.3. The van der Waals surface area contributed by atoms with Crippen LogP contribution in [0.1, 0.15) is 48.0 Å². The van der Waals surface area contributed by atoms with Gasteiger partial charge in [0.05, 0.1) is 42.7 Å². The van der Waals surface area contributed by atoms with E-state index in [1.165, 1.54) is 6.92 Å². The van der Waals surface area contributed by atoms with Gasteiger partial charge in [-0.15, -0.1) is 0 Å². The average Bonchev–Trinajstić information content (AvgIpc) is 3.42. The van der Waals surface area contributed by atoms with Crippen molar-refractivity contribution in [1.82, 2.24) is 14.9 Å². The van der Waals surface area contributed by atoms with Crippen LogP contribution in [0, 0.1) is 0 Å². The Bertz CT molecular complexity index is 1650. The molecule has 0 bridgehead atoms. The summed E-state index contributed by atoms with van der Waals surface area (Å²) in [6, 6.07) is 32.5. The summed E-state index contributed by atoms with van der Waals surface area (Å²) in [6.07, 6.45) is 1.71. The maximum atomic E-state index is 11.4. The SMILES string of the molecule is CC(=O)NCc1cccc(-c2cccc([C@@H]3O[C@H](Cn4cnc5ccccc54)C[C@H](c4ccc(CO)cc4)O3)c2)c1. The largest absolute Gasteiger partial charge is 0.392 e. The Morgan fingerprint density at radius 3 is 2.49 bits per heavy atom. The smallest absolute Gasteiger partial charge is 0.217 e. The van der Waals surface area contributed by atoms with Gasteiger partial charge in [0.1, 0.15) is 0 Å². The molecular formula is C34H33N3O4. The Kier molecular flexibility index (Phi) is 7.91. The first-order valence-electron chi connectivity index (χ1n) is 13.9. The molecule has 6 rings (SSSR count). The lowest BCUT2D eigenvalue weighted by Gasteiger charge is -2.36. The number of hydrogen-bond donors (Lipinski definition) is 2. The molecule has 0 aliphatic carbocycles. The molecular weight excluding hydrogens is 514 g/mol. The first kappa shape index (κ1) is 26.9. The molecule has 0 spiro atoms. The van der Waals surface area contributed by atoms with Crippen LogP contribution < -0.4 is 5.32 Å². The highest BCUT2D eigenvalue weighted by molar-refractivity contribution is 5.75. The van der Waals surface area contributed by atoms with Crippen LogP contribution in [0.3, 0.4) is 0 Å². The van der Waals surface area contributed by atoms with Crippen LogP contribution in [0.5, 0.6) is 0 Å². The highest BCUT2D eigenvalue weighted by atomic mass is 16.7. The van der Waals surface area contributed by atoms with Crippen LogP contribution in [0.15, 0.2) is 103 Å². The Balaban J connectivity index is 1.29. The van der Waals surface area contributed by atoms with E-state index in [1.807, 2.05) is 73.1 Å². The maximum Gasteiger partial charge on any atom is 0.217 e. The Morgan fingerprint density at radius 1 is 0.902 bits per heavy atom. The van der Waals surface area contributed by atoms with E-state index in [1.54, 1.807) is 0 Å². The van der Waals surface area contributed by atoms with E-state index >= 15 is 0 Å². The summed E-state index contributed by atoms with van der Waals surface area (Å²) in [5, 5.41) is 12.4. The first-order chi connectivity index (χ1) is 20.1. The summed E-state index contributed by atoms with van der Waals surface area (Å²) in [5.41, 5.74) is 8.03. The molecule has 5 aromatic rings. The highest BCUT2D eigenvalue weighted by Gasteiger charge is 2.32. The number of benzene rings is 4. The van der Waals surface area contributed by atoms with Crippen LogP contribution >= 0.6 is 0 Å². The van der Waals surface area contributed by atoms with Crippen LogP contribution in [-0.2, 0) is 34.0 Å². The molecule has 0 unspecified atom stereocenters. The summed E-state index contributed by atoms with van der Waals surface area (Å²) in [7, 11) is 0. The molecule has 2 heterocycles. The number of nitrogens with zero attached hydrogens (tertiary/aromatic N) is 2. The van der Waals surface area contributed by atoms with Gasteiger partial charge in [-0.25, -0.2) is 4.98 Å². The predicted octanol–water partition coefficient (Wildman–Crippen LogP) is 6.08. The summed E-state index contributed by atoms with van der Waals surface area (Å²) >= 11 is 0. The van der Waals surface area contributed by atoms with Crippen LogP contribution in [0.25, 0.3) is 22.2 Å². The third-order valence-corrected chi connectivity index (χ3v) is 7.50. The van der Waals surface area contributed by atoms with Gasteiger partial charge in [0.15, 0.2) is 6.29 Å². The van der Waals surface area contributed by atoms with Gasteiger partial charge in [-0.05, 0) is 52.1 Å². The van der Waals surface area contributed by atoms with Gasteiger partial charge in [-0.1, -0.05) is 72.8 Å². The zero-order valence-electron chi connectivity index (χ0n) is 22.9. The lowest BCUT2D eigenvalue weighted by atomic mass is 9.98. The molecule has 3 atom stereocenters. The molecule has 1 aromatic heterocycles. The molecule has 0 saturated carbocycles. The Morgan fingerprint density at radius 2 is 1.68 bits per heavy atom. The van der Waals surface area contributed by atoms with Crippen molar-refractivity contribution in [3.8, 4) is 11.1 Å². The molecule has 4 aromatic carbocycles. The number of aromatic nitrogens is 2. The van der Waals surface area contributed by atoms with E-state index < -0.39 is 6.29 Å². The second-order valence-corrected chi connectivity index (χ2v) is 10.5. The van der Waals surface area contributed by atoms with Gasteiger partial charge in [-0.3, -0.25) is 4.79 Å². The monoisotopic (exact) mass is 547 g/mol. The molecule has 1 amide bonds. The molecule has 208 valence electrons. The lowest BCUT2D eigenvalue weighted by molar-refractivity contribution is -0.252. The fourth-order valence-electron chi connectivity index (χ4n) is 5.36. The number of amides is 1. The third kappa shape index (κ3) is 6.23. The minimum atomic E-state index is -0.562. The van der Waals surface area contributed by atoms with E-state index in [2.05, 4.69) is 45.2 Å². The van der Waals surface area contributed by atoms with Gasteiger partial charge >= 0.3 is 0 Å². The van der Waals surface area contributed by atoms with Gasteiger partial charge in [-0.2, -0.15) is 0 Å². The maximum absolute atomic E-state index is 11.4. The minimum Gasteiger partial charge on any atom is -0.392 e. The molecule has 1 aliphatic rings. The molecule has 2 N–H and O–H groups in total. The topological polar surface area (TPSA) is 85.6 Å². The van der Waals surface area contributed by atoms with Crippen molar-refractivity contribution in [2.24, 2.45) is 0 Å². The lowest BCUT2D eigenvalue weighted by Crippen LogP contribution is -2.32. The molecule has 7 heteroatoms. The van der Waals surface area contributed by atoms with Crippen molar-refractivity contribution < 1.29 is 19.4 Å².